The van der Waals surface area contributed by atoms with E-state index < -0.39 is 15.4 Å². The molecule has 6 nitrogen and oxygen atoms in total. The molecule has 0 spiro atoms. The minimum atomic E-state index is -3.58. The molecule has 1 aromatic rings. The van der Waals surface area contributed by atoms with Crippen molar-refractivity contribution in [2.45, 2.75) is 25.2 Å². The van der Waals surface area contributed by atoms with Crippen LogP contribution in [0.15, 0.2) is 28.7 Å². The third kappa shape index (κ3) is 3.68. The first-order valence-electron chi connectivity index (χ1n) is 7.00. The molecule has 1 amide bonds. The highest BCUT2D eigenvalue weighted by Gasteiger charge is 2.49. The summed E-state index contributed by atoms with van der Waals surface area (Å²) >= 11 is 3.41. The van der Waals surface area contributed by atoms with Crippen LogP contribution in [0.1, 0.15) is 25.3 Å². The number of carbonyl (C=O) groups is 1. The van der Waals surface area contributed by atoms with Crippen LogP contribution in [0.4, 0.5) is 0 Å². The first kappa shape index (κ1) is 17.4. The summed E-state index contributed by atoms with van der Waals surface area (Å²) in [6.45, 7) is 2.08. The lowest BCUT2D eigenvalue weighted by atomic mass is 9.58. The highest BCUT2D eigenvalue weighted by atomic mass is 79.9. The van der Waals surface area contributed by atoms with E-state index >= 15 is 0 Å². The summed E-state index contributed by atoms with van der Waals surface area (Å²) < 4.78 is 24.2. The SMILES string of the molecule is CNCS(=O)(=O)NNC(=O)C1(c2cccc(Br)c2)CC(C)C1. The van der Waals surface area contributed by atoms with Gasteiger partial charge in [0.2, 0.25) is 15.9 Å². The number of amides is 1. The van der Waals surface area contributed by atoms with E-state index in [9.17, 15) is 13.2 Å². The zero-order valence-corrected chi connectivity index (χ0v) is 14.9. The van der Waals surface area contributed by atoms with Gasteiger partial charge in [0.25, 0.3) is 0 Å². The molecule has 0 radical (unpaired) electrons. The Morgan fingerprint density at radius 3 is 2.64 bits per heavy atom. The molecule has 0 saturated heterocycles. The standard InChI is InChI=1S/C14H20BrN3O3S/c1-10-7-14(8-10,11-4-3-5-12(15)6-11)13(19)17-18-22(20,21)9-16-2/h3-6,10,16,18H,7-9H2,1-2H3,(H,17,19). The molecule has 0 heterocycles. The maximum Gasteiger partial charge on any atom is 0.245 e. The lowest BCUT2D eigenvalue weighted by molar-refractivity contribution is -0.132. The molecular weight excluding hydrogens is 370 g/mol. The topological polar surface area (TPSA) is 87.3 Å². The summed E-state index contributed by atoms with van der Waals surface area (Å²) in [5.41, 5.74) is 2.58. The summed E-state index contributed by atoms with van der Waals surface area (Å²) in [7, 11) is -2.05. The second-order valence-electron chi connectivity index (χ2n) is 5.77. The van der Waals surface area contributed by atoms with Crippen molar-refractivity contribution in [1.82, 2.24) is 15.6 Å². The zero-order valence-electron chi connectivity index (χ0n) is 12.5. The molecule has 1 aliphatic rings. The van der Waals surface area contributed by atoms with E-state index in [4.69, 9.17) is 0 Å². The smallest absolute Gasteiger partial charge is 0.245 e. The van der Waals surface area contributed by atoms with Crippen LogP contribution in [-0.2, 0) is 20.2 Å². The number of hydrogen-bond acceptors (Lipinski definition) is 4. The molecule has 122 valence electrons. The lowest BCUT2D eigenvalue weighted by Gasteiger charge is -2.45. The number of nitrogens with one attached hydrogen (secondary N) is 3. The van der Waals surface area contributed by atoms with Gasteiger partial charge in [0.1, 0.15) is 5.88 Å². The van der Waals surface area contributed by atoms with Crippen LogP contribution >= 0.6 is 15.9 Å². The van der Waals surface area contributed by atoms with Crippen LogP contribution in [0, 0.1) is 5.92 Å². The Kier molecular flexibility index (Phi) is 5.26. The van der Waals surface area contributed by atoms with Gasteiger partial charge >= 0.3 is 0 Å². The molecule has 1 saturated carbocycles. The van der Waals surface area contributed by atoms with Gasteiger partial charge in [0, 0.05) is 4.47 Å². The number of halogens is 1. The summed E-state index contributed by atoms with van der Waals surface area (Å²) in [6, 6.07) is 7.58. The first-order chi connectivity index (χ1) is 10.3. The van der Waals surface area contributed by atoms with Crippen molar-refractivity contribution in [3.63, 3.8) is 0 Å². The van der Waals surface area contributed by atoms with E-state index in [2.05, 4.69) is 38.4 Å². The van der Waals surface area contributed by atoms with Crippen molar-refractivity contribution in [1.29, 1.82) is 0 Å². The minimum absolute atomic E-state index is 0.256. The predicted octanol–water partition coefficient (Wildman–Crippen LogP) is 1.24. The van der Waals surface area contributed by atoms with Gasteiger partial charge in [-0.05, 0) is 43.5 Å². The van der Waals surface area contributed by atoms with Crippen LogP contribution < -0.4 is 15.6 Å². The molecule has 22 heavy (non-hydrogen) atoms. The summed E-state index contributed by atoms with van der Waals surface area (Å²) in [4.78, 5) is 14.7. The average Bonchev–Trinajstić information content (AvgIpc) is 2.41. The van der Waals surface area contributed by atoms with Crippen LogP contribution in [0.25, 0.3) is 0 Å². The Balaban J connectivity index is 2.16. The second-order valence-corrected chi connectivity index (χ2v) is 8.41. The number of rotatable bonds is 6. The fourth-order valence-electron chi connectivity index (χ4n) is 2.94. The van der Waals surface area contributed by atoms with E-state index in [1.54, 1.807) is 0 Å². The van der Waals surface area contributed by atoms with Gasteiger partial charge in [-0.15, -0.1) is 4.83 Å². The summed E-state index contributed by atoms with van der Waals surface area (Å²) in [5.74, 6) is -0.143. The first-order valence-corrected chi connectivity index (χ1v) is 9.44. The largest absolute Gasteiger partial charge is 0.306 e. The normalized spacial score (nSPS) is 24.6. The van der Waals surface area contributed by atoms with Gasteiger partial charge in [-0.3, -0.25) is 10.2 Å². The molecule has 8 heteroatoms. The molecule has 2 rings (SSSR count). The zero-order chi connectivity index (χ0) is 16.4. The fraction of sp³-hybridized carbons (Fsp3) is 0.500. The van der Waals surface area contributed by atoms with Crippen molar-refractivity contribution in [3.8, 4) is 0 Å². The van der Waals surface area contributed by atoms with Gasteiger partial charge in [-0.25, -0.2) is 8.42 Å². The van der Waals surface area contributed by atoms with E-state index in [-0.39, 0.29) is 11.8 Å². The Bertz CT molecular complexity index is 657. The van der Waals surface area contributed by atoms with E-state index in [0.717, 1.165) is 10.0 Å². The lowest BCUT2D eigenvalue weighted by Crippen LogP contribution is -2.57. The molecule has 1 aliphatic carbocycles. The quantitative estimate of drug-likeness (QED) is 0.638. The third-order valence-electron chi connectivity index (χ3n) is 3.86. The average molecular weight is 390 g/mol. The number of hydrogen-bond donors (Lipinski definition) is 3. The van der Waals surface area contributed by atoms with E-state index in [1.165, 1.54) is 7.05 Å². The van der Waals surface area contributed by atoms with Gasteiger partial charge in [0.05, 0.1) is 5.41 Å². The van der Waals surface area contributed by atoms with Gasteiger partial charge in [-0.1, -0.05) is 35.0 Å². The fourth-order valence-corrected chi connectivity index (χ4v) is 4.04. The maximum absolute atomic E-state index is 12.6. The number of carbonyl (C=O) groups excluding carboxylic acids is 1. The minimum Gasteiger partial charge on any atom is -0.306 e. The summed E-state index contributed by atoms with van der Waals surface area (Å²) in [6.07, 6.45) is 1.39. The molecule has 0 aliphatic heterocycles. The monoisotopic (exact) mass is 389 g/mol. The highest BCUT2D eigenvalue weighted by Crippen LogP contribution is 2.48. The number of sulfonamides is 1. The van der Waals surface area contributed by atoms with Crippen molar-refractivity contribution < 1.29 is 13.2 Å². The van der Waals surface area contributed by atoms with Crippen molar-refractivity contribution in [2.75, 3.05) is 12.9 Å². The number of hydrazine groups is 1. The Labute approximate surface area is 139 Å². The third-order valence-corrected chi connectivity index (χ3v) is 5.44. The Morgan fingerprint density at radius 2 is 2.09 bits per heavy atom. The van der Waals surface area contributed by atoms with Gasteiger partial charge < -0.3 is 5.32 Å². The van der Waals surface area contributed by atoms with Crippen molar-refractivity contribution in [2.24, 2.45) is 5.92 Å². The van der Waals surface area contributed by atoms with Crippen molar-refractivity contribution >= 4 is 31.9 Å². The molecule has 3 N–H and O–H groups in total. The predicted molar refractivity (Wildman–Crippen MR) is 88.3 cm³/mol. The maximum atomic E-state index is 12.6. The van der Waals surface area contributed by atoms with E-state index in [1.807, 2.05) is 24.3 Å². The van der Waals surface area contributed by atoms with Gasteiger partial charge in [-0.2, -0.15) is 0 Å². The van der Waals surface area contributed by atoms with E-state index in [0.29, 0.717) is 18.8 Å². The van der Waals surface area contributed by atoms with Crippen LogP contribution in [-0.4, -0.2) is 27.2 Å². The second kappa shape index (κ2) is 6.66. The molecule has 1 fully saturated rings. The van der Waals surface area contributed by atoms with Crippen LogP contribution in [0.5, 0.6) is 0 Å². The van der Waals surface area contributed by atoms with Crippen molar-refractivity contribution in [3.05, 3.63) is 34.3 Å². The molecule has 1 aromatic carbocycles. The van der Waals surface area contributed by atoms with Gasteiger partial charge in [0.15, 0.2) is 0 Å². The molecule has 0 atom stereocenters. The summed E-state index contributed by atoms with van der Waals surface area (Å²) in [5, 5.41) is 2.54. The van der Waals surface area contributed by atoms with Crippen LogP contribution in [0.3, 0.4) is 0 Å². The Hall–Kier alpha value is -0.960. The molecule has 0 aromatic heterocycles. The number of benzene rings is 1. The van der Waals surface area contributed by atoms with Crippen LogP contribution in [0.2, 0.25) is 0 Å². The molecular formula is C14H20BrN3O3S. The molecule has 0 unspecified atom stereocenters. The Morgan fingerprint density at radius 1 is 1.41 bits per heavy atom. The molecule has 0 bridgehead atoms. The highest BCUT2D eigenvalue weighted by molar-refractivity contribution is 9.10.